The summed E-state index contributed by atoms with van der Waals surface area (Å²) in [5, 5.41) is 9.39. The number of methoxy groups -OCH3 is 1. The maximum atomic E-state index is 11.0. The van der Waals surface area contributed by atoms with Gasteiger partial charge in [0.2, 0.25) is 0 Å². The second-order valence-electron chi connectivity index (χ2n) is 4.59. The number of aliphatic hydroxyl groups is 1. The average molecular weight is 341 g/mol. The van der Waals surface area contributed by atoms with Crippen molar-refractivity contribution >= 4 is 22.2 Å². The summed E-state index contributed by atoms with van der Waals surface area (Å²) < 4.78 is 11.9. The highest BCUT2D eigenvalue weighted by molar-refractivity contribution is 9.10. The summed E-state index contributed by atoms with van der Waals surface area (Å²) >= 11 is 3.38. The molecule has 2 rings (SSSR count). The Labute approximate surface area is 126 Å². The molecule has 1 aromatic rings. The van der Waals surface area contributed by atoms with E-state index >= 15 is 0 Å². The number of hydrogen-bond donors (Lipinski definition) is 1. The van der Waals surface area contributed by atoms with E-state index in [1.165, 1.54) is 0 Å². The first-order valence-electron chi connectivity index (χ1n) is 6.49. The molecule has 1 aromatic carbocycles. The largest absolute Gasteiger partial charge is 0.493 e. The summed E-state index contributed by atoms with van der Waals surface area (Å²) in [5.41, 5.74) is 1.38. The van der Waals surface area contributed by atoms with Crippen molar-refractivity contribution in [2.45, 2.75) is 25.4 Å². The number of carbonyl (C=O) groups is 1. The molecule has 0 saturated carbocycles. The summed E-state index contributed by atoms with van der Waals surface area (Å²) in [5.74, 6) is 1.06. The predicted molar refractivity (Wildman–Crippen MR) is 79.5 cm³/mol. The number of benzene rings is 1. The molecule has 0 spiro atoms. The third-order valence-corrected chi connectivity index (χ3v) is 4.19. The van der Waals surface area contributed by atoms with Gasteiger partial charge in [0, 0.05) is 5.56 Å². The zero-order valence-electron chi connectivity index (χ0n) is 11.3. The first-order valence-corrected chi connectivity index (χ1v) is 7.28. The molecule has 4 nitrogen and oxygen atoms in total. The maximum Gasteiger partial charge on any atom is 0.176 e. The van der Waals surface area contributed by atoms with E-state index in [-0.39, 0.29) is 12.7 Å². The van der Waals surface area contributed by atoms with Gasteiger partial charge < -0.3 is 14.6 Å². The molecule has 0 aliphatic heterocycles. The molecule has 20 heavy (non-hydrogen) atoms. The fourth-order valence-electron chi connectivity index (χ4n) is 2.27. The smallest absolute Gasteiger partial charge is 0.176 e. The fourth-order valence-corrected chi connectivity index (χ4v) is 2.78. The van der Waals surface area contributed by atoms with E-state index < -0.39 is 0 Å². The third kappa shape index (κ3) is 3.04. The van der Waals surface area contributed by atoms with Gasteiger partial charge in [-0.05, 0) is 52.9 Å². The van der Waals surface area contributed by atoms with Gasteiger partial charge >= 0.3 is 0 Å². The normalized spacial score (nSPS) is 18.4. The maximum absolute atomic E-state index is 11.0. The van der Waals surface area contributed by atoms with Crippen LogP contribution in [0.1, 0.15) is 29.6 Å². The van der Waals surface area contributed by atoms with Crippen molar-refractivity contribution < 1.29 is 19.4 Å². The van der Waals surface area contributed by atoms with Crippen molar-refractivity contribution in [3.05, 3.63) is 33.8 Å². The number of aliphatic hydroxyl groups excluding tert-OH is 1. The molecule has 0 amide bonds. The van der Waals surface area contributed by atoms with Crippen LogP contribution >= 0.6 is 15.9 Å². The van der Waals surface area contributed by atoms with E-state index in [1.807, 2.05) is 6.08 Å². The minimum Gasteiger partial charge on any atom is -0.493 e. The predicted octanol–water partition coefficient (Wildman–Crippen LogP) is 3.12. The van der Waals surface area contributed by atoms with Crippen LogP contribution in [0.4, 0.5) is 0 Å². The molecule has 1 aliphatic carbocycles. The van der Waals surface area contributed by atoms with Gasteiger partial charge in [-0.25, -0.2) is 0 Å². The molecular weight excluding hydrogens is 324 g/mol. The van der Waals surface area contributed by atoms with Crippen LogP contribution in [-0.2, 0) is 0 Å². The van der Waals surface area contributed by atoms with Crippen molar-refractivity contribution in [1.29, 1.82) is 0 Å². The first-order chi connectivity index (χ1) is 9.71. The Balaban J connectivity index is 2.34. The van der Waals surface area contributed by atoms with E-state index in [9.17, 15) is 9.90 Å². The standard InChI is InChI=1S/C15H17BrO4/c1-19-13-7-6-11(9-18)14(16)15(13)20-12-5-3-2-4-10(12)8-17/h4,6-7,9,12,17H,2-3,5,8H2,1H3/t12-/m0/s1. The molecule has 0 radical (unpaired) electrons. The molecule has 0 heterocycles. The number of rotatable bonds is 5. The molecule has 1 atom stereocenters. The van der Waals surface area contributed by atoms with Crippen molar-refractivity contribution in [2.24, 2.45) is 0 Å². The number of aldehydes is 1. The van der Waals surface area contributed by atoms with Gasteiger partial charge in [0.25, 0.3) is 0 Å². The minimum atomic E-state index is -0.180. The molecule has 0 aromatic heterocycles. The number of allylic oxidation sites excluding steroid dienone is 1. The zero-order valence-corrected chi connectivity index (χ0v) is 12.9. The molecule has 1 N–H and O–H groups in total. The summed E-state index contributed by atoms with van der Waals surface area (Å²) in [6, 6.07) is 3.38. The highest BCUT2D eigenvalue weighted by atomic mass is 79.9. The molecule has 0 fully saturated rings. The van der Waals surface area contributed by atoms with Gasteiger partial charge in [-0.15, -0.1) is 0 Å². The van der Waals surface area contributed by atoms with Crippen LogP contribution < -0.4 is 9.47 Å². The van der Waals surface area contributed by atoms with Crippen LogP contribution in [0.3, 0.4) is 0 Å². The van der Waals surface area contributed by atoms with E-state index in [0.29, 0.717) is 21.5 Å². The van der Waals surface area contributed by atoms with Crippen molar-refractivity contribution in [3.63, 3.8) is 0 Å². The van der Waals surface area contributed by atoms with Crippen molar-refractivity contribution in [3.8, 4) is 11.5 Å². The van der Waals surface area contributed by atoms with Crippen molar-refractivity contribution in [1.82, 2.24) is 0 Å². The lowest BCUT2D eigenvalue weighted by atomic mass is 9.97. The quantitative estimate of drug-likeness (QED) is 0.660. The SMILES string of the molecule is COc1ccc(C=O)c(Br)c1O[C@H]1CCCC=C1CO. The monoisotopic (exact) mass is 340 g/mol. The van der Waals surface area contributed by atoms with Crippen LogP contribution in [-0.4, -0.2) is 31.2 Å². The lowest BCUT2D eigenvalue weighted by molar-refractivity contribution is 0.112. The number of carbonyl (C=O) groups excluding carboxylic acids is 1. The Kier molecular flexibility index (Phi) is 5.20. The van der Waals surface area contributed by atoms with Crippen LogP contribution in [0.15, 0.2) is 28.3 Å². The van der Waals surface area contributed by atoms with Crippen LogP contribution in [0, 0.1) is 0 Å². The molecule has 1 aliphatic rings. The Bertz CT molecular complexity index is 525. The van der Waals surface area contributed by atoms with E-state index in [1.54, 1.807) is 19.2 Å². The minimum absolute atomic E-state index is 0.0159. The summed E-state index contributed by atoms with van der Waals surface area (Å²) in [6.45, 7) is -0.0159. The number of halogens is 1. The second-order valence-corrected chi connectivity index (χ2v) is 5.39. The highest BCUT2D eigenvalue weighted by Crippen LogP contribution is 2.39. The topological polar surface area (TPSA) is 55.8 Å². The van der Waals surface area contributed by atoms with Gasteiger partial charge in [0.15, 0.2) is 17.8 Å². The first kappa shape index (κ1) is 15.1. The second kappa shape index (κ2) is 6.90. The van der Waals surface area contributed by atoms with E-state index in [4.69, 9.17) is 9.47 Å². The lowest BCUT2D eigenvalue weighted by Gasteiger charge is -2.26. The van der Waals surface area contributed by atoms with Gasteiger partial charge in [0.1, 0.15) is 6.10 Å². The Morgan fingerprint density at radius 3 is 2.95 bits per heavy atom. The third-order valence-electron chi connectivity index (χ3n) is 3.37. The summed E-state index contributed by atoms with van der Waals surface area (Å²) in [7, 11) is 1.55. The average Bonchev–Trinajstić information content (AvgIpc) is 2.49. The van der Waals surface area contributed by atoms with E-state index in [2.05, 4.69) is 15.9 Å². The van der Waals surface area contributed by atoms with E-state index in [0.717, 1.165) is 31.1 Å². The van der Waals surface area contributed by atoms with Crippen molar-refractivity contribution in [2.75, 3.05) is 13.7 Å². The van der Waals surface area contributed by atoms with Crippen LogP contribution in [0.5, 0.6) is 11.5 Å². The summed E-state index contributed by atoms with van der Waals surface area (Å²) in [6.07, 6.45) is 5.41. The zero-order chi connectivity index (χ0) is 14.5. The molecule has 108 valence electrons. The number of hydrogen-bond acceptors (Lipinski definition) is 4. The van der Waals surface area contributed by atoms with Gasteiger partial charge in [-0.3, -0.25) is 4.79 Å². The fraction of sp³-hybridized carbons (Fsp3) is 0.400. The number of ether oxygens (including phenoxy) is 2. The van der Waals surface area contributed by atoms with Gasteiger partial charge in [-0.2, -0.15) is 0 Å². The Morgan fingerprint density at radius 2 is 2.30 bits per heavy atom. The van der Waals surface area contributed by atoms with Gasteiger partial charge in [0.05, 0.1) is 18.2 Å². The molecular formula is C15H17BrO4. The highest BCUT2D eigenvalue weighted by Gasteiger charge is 2.22. The van der Waals surface area contributed by atoms with Crippen LogP contribution in [0.2, 0.25) is 0 Å². The Morgan fingerprint density at radius 1 is 1.50 bits per heavy atom. The molecule has 0 unspecified atom stereocenters. The van der Waals surface area contributed by atoms with Gasteiger partial charge in [-0.1, -0.05) is 6.08 Å². The lowest BCUT2D eigenvalue weighted by Crippen LogP contribution is -2.24. The molecule has 0 saturated heterocycles. The summed E-state index contributed by atoms with van der Waals surface area (Å²) in [4.78, 5) is 11.0. The Hall–Kier alpha value is -1.33. The molecule has 5 heteroatoms. The molecule has 0 bridgehead atoms. The van der Waals surface area contributed by atoms with Crippen LogP contribution in [0.25, 0.3) is 0 Å².